The molecule has 0 N–H and O–H groups in total. The van der Waals surface area contributed by atoms with E-state index >= 15 is 0 Å². The number of nitrogens with zero attached hydrogens (tertiary/aromatic N) is 1. The minimum Gasteiger partial charge on any atom is -0.467 e. The summed E-state index contributed by atoms with van der Waals surface area (Å²) in [7, 11) is 1.87. The van der Waals surface area contributed by atoms with E-state index in [2.05, 4.69) is 0 Å². The molecule has 1 aliphatic carbocycles. The van der Waals surface area contributed by atoms with Crippen LogP contribution in [0.5, 0.6) is 0 Å². The Morgan fingerprint density at radius 1 is 1.03 bits per heavy atom. The van der Waals surface area contributed by atoms with Gasteiger partial charge < -0.3 is 9.15 Å². The summed E-state index contributed by atoms with van der Waals surface area (Å²) in [6.07, 6.45) is 0. The van der Waals surface area contributed by atoms with E-state index in [0.29, 0.717) is 53.3 Å². The van der Waals surface area contributed by atoms with Crippen LogP contribution in [0.3, 0.4) is 0 Å². The molecule has 6 heteroatoms. The summed E-state index contributed by atoms with van der Waals surface area (Å²) in [5.41, 5.74) is 3.14. The summed E-state index contributed by atoms with van der Waals surface area (Å²) in [4.78, 5) is 38.2. The molecule has 1 aliphatic rings. The lowest BCUT2D eigenvalue weighted by atomic mass is 9.83. The van der Waals surface area contributed by atoms with Gasteiger partial charge in [0.2, 0.25) is 11.6 Å². The highest BCUT2D eigenvalue weighted by Gasteiger charge is 2.37. The zero-order valence-electron chi connectivity index (χ0n) is 16.6. The number of furan rings is 1. The molecule has 0 unspecified atom stereocenters. The lowest BCUT2D eigenvalue weighted by molar-refractivity contribution is -0.129. The van der Waals surface area contributed by atoms with E-state index in [9.17, 15) is 14.4 Å². The summed E-state index contributed by atoms with van der Waals surface area (Å²) in [6, 6.07) is 9.57. The van der Waals surface area contributed by atoms with Crippen molar-refractivity contribution in [3.05, 3.63) is 58.3 Å². The fraction of sp³-hybridized carbons (Fsp3) is 0.261. The highest BCUT2D eigenvalue weighted by Crippen LogP contribution is 2.41. The maximum Gasteiger partial charge on any atom is 0.293 e. The van der Waals surface area contributed by atoms with Gasteiger partial charge in [0.1, 0.15) is 18.1 Å². The standard InChI is InChI=1S/C23H21NO5/c1-13-5-4-6-16-15(13)7-8-17-20(16)22(27)21(26)19-14(2)18(29-23(17)19)11-24(3)9-10-28-12-25/h4-8,12H,9-11H2,1-3H3. The van der Waals surface area contributed by atoms with E-state index in [1.165, 1.54) is 0 Å². The van der Waals surface area contributed by atoms with Gasteiger partial charge in [-0.1, -0.05) is 24.3 Å². The molecule has 0 atom stereocenters. The second-order valence-corrected chi connectivity index (χ2v) is 7.38. The first kappa shape index (κ1) is 19.1. The number of ketones is 2. The molecule has 6 nitrogen and oxygen atoms in total. The molecule has 4 rings (SSSR count). The molecule has 148 valence electrons. The zero-order chi connectivity index (χ0) is 20.7. The Bertz CT molecular complexity index is 1160. The molecule has 0 aliphatic heterocycles. The molecule has 1 aromatic heterocycles. The largest absolute Gasteiger partial charge is 0.467 e. The fourth-order valence-electron chi connectivity index (χ4n) is 3.93. The van der Waals surface area contributed by atoms with Crippen LogP contribution in [0.15, 0.2) is 34.7 Å². The molecular weight excluding hydrogens is 370 g/mol. The SMILES string of the molecule is Cc1c(CN(C)CCOC=O)oc2c1C(=O)C(=O)c1c-2ccc2c(C)cccc12. The van der Waals surface area contributed by atoms with Gasteiger partial charge in [-0.05, 0) is 43.3 Å². The normalized spacial score (nSPS) is 13.0. The number of ether oxygens (including phenoxy) is 1. The lowest BCUT2D eigenvalue weighted by Gasteiger charge is -2.16. The molecule has 0 bridgehead atoms. The Morgan fingerprint density at radius 2 is 1.79 bits per heavy atom. The van der Waals surface area contributed by atoms with E-state index in [-0.39, 0.29) is 6.61 Å². The lowest BCUT2D eigenvalue weighted by Crippen LogP contribution is -2.23. The van der Waals surface area contributed by atoms with Crippen LogP contribution in [0.1, 0.15) is 37.6 Å². The molecule has 0 radical (unpaired) electrons. The molecule has 0 saturated carbocycles. The number of benzene rings is 2. The first-order valence-electron chi connectivity index (χ1n) is 9.41. The average molecular weight is 391 g/mol. The Kier molecular flexibility index (Phi) is 4.80. The van der Waals surface area contributed by atoms with Crippen LogP contribution in [0.25, 0.3) is 22.1 Å². The Labute approximate surface area is 168 Å². The van der Waals surface area contributed by atoms with Crippen molar-refractivity contribution in [3.8, 4) is 11.3 Å². The first-order valence-corrected chi connectivity index (χ1v) is 9.41. The topological polar surface area (TPSA) is 76.8 Å². The number of carbonyl (C=O) groups excluding carboxylic acids is 3. The molecule has 0 fully saturated rings. The predicted octanol–water partition coefficient (Wildman–Crippen LogP) is 3.70. The van der Waals surface area contributed by atoms with Gasteiger partial charge in [-0.15, -0.1) is 0 Å². The van der Waals surface area contributed by atoms with Crippen LogP contribution in [0.4, 0.5) is 0 Å². The molecule has 29 heavy (non-hydrogen) atoms. The summed E-state index contributed by atoms with van der Waals surface area (Å²) in [5.74, 6) is 0.0628. The predicted molar refractivity (Wildman–Crippen MR) is 108 cm³/mol. The van der Waals surface area contributed by atoms with Crippen LogP contribution in [0, 0.1) is 13.8 Å². The molecule has 3 aromatic rings. The van der Waals surface area contributed by atoms with Crippen LogP contribution in [-0.2, 0) is 16.1 Å². The average Bonchev–Trinajstić information content (AvgIpc) is 3.02. The van der Waals surface area contributed by atoms with Crippen molar-refractivity contribution in [2.24, 2.45) is 0 Å². The van der Waals surface area contributed by atoms with Crippen molar-refractivity contribution >= 4 is 28.8 Å². The van der Waals surface area contributed by atoms with Crippen molar-refractivity contribution < 1.29 is 23.5 Å². The van der Waals surface area contributed by atoms with Gasteiger partial charge in [0.15, 0.2) is 0 Å². The maximum absolute atomic E-state index is 13.0. The molecule has 0 spiro atoms. The number of hydrogen-bond donors (Lipinski definition) is 0. The van der Waals surface area contributed by atoms with Gasteiger partial charge in [0, 0.05) is 23.2 Å². The number of rotatable bonds is 6. The van der Waals surface area contributed by atoms with Crippen LogP contribution >= 0.6 is 0 Å². The van der Waals surface area contributed by atoms with Crippen molar-refractivity contribution in [1.29, 1.82) is 0 Å². The van der Waals surface area contributed by atoms with E-state index in [1.54, 1.807) is 6.92 Å². The highest BCUT2D eigenvalue weighted by atomic mass is 16.5. The molecule has 0 saturated heterocycles. The Balaban J connectivity index is 1.81. The third-order valence-corrected chi connectivity index (χ3v) is 5.50. The van der Waals surface area contributed by atoms with Crippen molar-refractivity contribution in [1.82, 2.24) is 4.90 Å². The number of carbonyl (C=O) groups is 3. The van der Waals surface area contributed by atoms with Gasteiger partial charge >= 0.3 is 0 Å². The highest BCUT2D eigenvalue weighted by molar-refractivity contribution is 6.54. The summed E-state index contributed by atoms with van der Waals surface area (Å²) in [5, 5.41) is 1.72. The second kappa shape index (κ2) is 7.29. The van der Waals surface area contributed by atoms with E-state index in [1.807, 2.05) is 49.2 Å². The monoisotopic (exact) mass is 391 g/mol. The van der Waals surface area contributed by atoms with Gasteiger partial charge in [0.05, 0.1) is 12.1 Å². The van der Waals surface area contributed by atoms with Crippen LogP contribution in [-0.4, -0.2) is 43.1 Å². The zero-order valence-corrected chi connectivity index (χ0v) is 16.6. The second-order valence-electron chi connectivity index (χ2n) is 7.38. The van der Waals surface area contributed by atoms with E-state index in [4.69, 9.17) is 9.15 Å². The minimum atomic E-state index is -0.527. The van der Waals surface area contributed by atoms with Gasteiger partial charge in [0.25, 0.3) is 6.47 Å². The molecule has 1 heterocycles. The van der Waals surface area contributed by atoms with Gasteiger partial charge in [-0.25, -0.2) is 0 Å². The first-order chi connectivity index (χ1) is 13.9. The Morgan fingerprint density at radius 3 is 2.55 bits per heavy atom. The molecule has 0 amide bonds. The summed E-state index contributed by atoms with van der Waals surface area (Å²) >= 11 is 0. The Hall–Kier alpha value is -3.25. The number of hydrogen-bond acceptors (Lipinski definition) is 6. The van der Waals surface area contributed by atoms with Crippen molar-refractivity contribution in [3.63, 3.8) is 0 Å². The van der Waals surface area contributed by atoms with Crippen molar-refractivity contribution in [2.75, 3.05) is 20.2 Å². The smallest absolute Gasteiger partial charge is 0.293 e. The number of Topliss-reactive ketones (excluding diaryl/α,β-unsaturated/α-hetero) is 2. The van der Waals surface area contributed by atoms with E-state index < -0.39 is 11.6 Å². The number of aryl methyl sites for hydroxylation is 1. The quantitative estimate of drug-likeness (QED) is 0.362. The van der Waals surface area contributed by atoms with Crippen molar-refractivity contribution in [2.45, 2.75) is 20.4 Å². The third kappa shape index (κ3) is 3.06. The van der Waals surface area contributed by atoms with E-state index in [0.717, 1.165) is 16.3 Å². The van der Waals surface area contributed by atoms with Crippen LogP contribution in [0.2, 0.25) is 0 Å². The maximum atomic E-state index is 13.0. The fourth-order valence-corrected chi connectivity index (χ4v) is 3.93. The van der Waals surface area contributed by atoms with Gasteiger partial charge in [-0.2, -0.15) is 0 Å². The van der Waals surface area contributed by atoms with Gasteiger partial charge in [-0.3, -0.25) is 19.3 Å². The summed E-state index contributed by atoms with van der Waals surface area (Å²) < 4.78 is 10.8. The molecule has 2 aromatic carbocycles. The molecular formula is C23H21NO5. The number of likely N-dealkylation sites (N-methyl/N-ethyl adjacent to an activating group) is 1. The minimum absolute atomic E-state index is 0.269. The third-order valence-electron chi connectivity index (χ3n) is 5.50. The van der Waals surface area contributed by atoms with Crippen LogP contribution < -0.4 is 0 Å². The number of fused-ring (bicyclic) bond motifs is 5. The summed E-state index contributed by atoms with van der Waals surface area (Å²) in [6.45, 7) is 5.42.